The molecule has 100 valence electrons. The molecule has 0 aromatic carbocycles. The summed E-state index contributed by atoms with van der Waals surface area (Å²) in [5.74, 6) is 0.0934. The molecule has 1 fully saturated rings. The van der Waals surface area contributed by atoms with Crippen molar-refractivity contribution in [2.45, 2.75) is 25.4 Å². The van der Waals surface area contributed by atoms with Gasteiger partial charge in [-0.2, -0.15) is 0 Å². The van der Waals surface area contributed by atoms with Gasteiger partial charge in [-0.25, -0.2) is 4.98 Å². The zero-order valence-corrected chi connectivity index (χ0v) is 11.4. The number of nitrogens with zero attached hydrogens (tertiary/aromatic N) is 2. The van der Waals surface area contributed by atoms with Crippen LogP contribution < -0.4 is 5.32 Å². The Labute approximate surface area is 111 Å². The number of amides is 1. The number of aromatic nitrogens is 1. The van der Waals surface area contributed by atoms with E-state index in [1.54, 1.807) is 18.4 Å². The summed E-state index contributed by atoms with van der Waals surface area (Å²) in [5.41, 5.74) is 0. The van der Waals surface area contributed by atoms with Crippen LogP contribution in [0.15, 0.2) is 11.6 Å². The highest BCUT2D eigenvalue weighted by molar-refractivity contribution is 7.09. The summed E-state index contributed by atoms with van der Waals surface area (Å²) < 4.78 is 4.87. The number of carbonyl (C=O) groups excluding carboxylic acids is 1. The van der Waals surface area contributed by atoms with Crippen LogP contribution in [-0.4, -0.2) is 48.6 Å². The van der Waals surface area contributed by atoms with E-state index in [0.29, 0.717) is 6.04 Å². The van der Waals surface area contributed by atoms with Crippen molar-refractivity contribution in [3.63, 3.8) is 0 Å². The van der Waals surface area contributed by atoms with E-state index in [-0.39, 0.29) is 12.5 Å². The van der Waals surface area contributed by atoms with E-state index in [0.717, 1.165) is 37.5 Å². The second kappa shape index (κ2) is 6.82. The van der Waals surface area contributed by atoms with Crippen molar-refractivity contribution < 1.29 is 9.53 Å². The van der Waals surface area contributed by atoms with Gasteiger partial charge in [0.05, 0.1) is 0 Å². The number of methoxy groups -OCH3 is 1. The van der Waals surface area contributed by atoms with Crippen molar-refractivity contribution in [2.75, 3.05) is 26.8 Å². The van der Waals surface area contributed by atoms with Crippen LogP contribution in [0.2, 0.25) is 0 Å². The van der Waals surface area contributed by atoms with Crippen molar-refractivity contribution in [1.29, 1.82) is 0 Å². The second-order valence-electron chi connectivity index (χ2n) is 4.39. The average Bonchev–Trinajstić information content (AvgIpc) is 2.90. The molecule has 0 saturated carbocycles. The summed E-state index contributed by atoms with van der Waals surface area (Å²) in [4.78, 5) is 17.7. The molecule has 0 spiro atoms. The van der Waals surface area contributed by atoms with Crippen LogP contribution in [0.5, 0.6) is 0 Å². The maximum Gasteiger partial charge on any atom is 0.248 e. The molecular formula is C12H19N3O2S. The Bertz CT molecular complexity index is 361. The molecule has 1 N–H and O–H groups in total. The summed E-state index contributed by atoms with van der Waals surface area (Å²) in [6.45, 7) is 2.65. The number of hydrogen-bond acceptors (Lipinski definition) is 5. The van der Waals surface area contributed by atoms with Gasteiger partial charge < -0.3 is 15.0 Å². The Hall–Kier alpha value is -0.980. The van der Waals surface area contributed by atoms with Crippen LogP contribution in [0.4, 0.5) is 0 Å². The third-order valence-electron chi connectivity index (χ3n) is 3.14. The first-order valence-electron chi connectivity index (χ1n) is 6.18. The smallest absolute Gasteiger partial charge is 0.248 e. The van der Waals surface area contributed by atoms with Crippen molar-refractivity contribution in [2.24, 2.45) is 0 Å². The van der Waals surface area contributed by atoms with Gasteiger partial charge >= 0.3 is 0 Å². The number of carbonyl (C=O) groups is 1. The average molecular weight is 269 g/mol. The lowest BCUT2D eigenvalue weighted by atomic mass is 10.1. The van der Waals surface area contributed by atoms with Gasteiger partial charge in [0.15, 0.2) is 0 Å². The molecule has 1 saturated heterocycles. The van der Waals surface area contributed by atoms with Crippen molar-refractivity contribution in [3.05, 3.63) is 16.6 Å². The Balaban J connectivity index is 1.68. The molecule has 0 aliphatic carbocycles. The van der Waals surface area contributed by atoms with E-state index < -0.39 is 0 Å². The predicted molar refractivity (Wildman–Crippen MR) is 70.4 cm³/mol. The Morgan fingerprint density at radius 1 is 1.61 bits per heavy atom. The van der Waals surface area contributed by atoms with Gasteiger partial charge in [-0.3, -0.25) is 4.79 Å². The zero-order chi connectivity index (χ0) is 12.8. The first-order valence-corrected chi connectivity index (χ1v) is 7.06. The van der Waals surface area contributed by atoms with Gasteiger partial charge in [-0.15, -0.1) is 11.3 Å². The summed E-state index contributed by atoms with van der Waals surface area (Å²) >= 11 is 1.67. The summed E-state index contributed by atoms with van der Waals surface area (Å²) in [6, 6.07) is 0.487. The molecule has 2 heterocycles. The highest BCUT2D eigenvalue weighted by atomic mass is 32.1. The fourth-order valence-corrected chi connectivity index (χ4v) is 2.69. The lowest BCUT2D eigenvalue weighted by molar-refractivity contribution is -0.136. The molecule has 0 bridgehead atoms. The van der Waals surface area contributed by atoms with Crippen molar-refractivity contribution >= 4 is 17.2 Å². The number of likely N-dealkylation sites (tertiary alicyclic amines) is 1. The van der Waals surface area contributed by atoms with E-state index in [2.05, 4.69) is 10.3 Å². The number of rotatable bonds is 5. The van der Waals surface area contributed by atoms with Crippen LogP contribution >= 0.6 is 11.3 Å². The lowest BCUT2D eigenvalue weighted by Gasteiger charge is -2.32. The van der Waals surface area contributed by atoms with Gasteiger partial charge in [0.2, 0.25) is 5.91 Å². The third-order valence-corrected chi connectivity index (χ3v) is 3.92. The number of ether oxygens (including phenoxy) is 1. The van der Waals surface area contributed by atoms with E-state index in [4.69, 9.17) is 4.74 Å². The number of thiazole rings is 1. The maximum atomic E-state index is 11.6. The molecule has 6 heteroatoms. The monoisotopic (exact) mass is 269 g/mol. The Kier molecular flexibility index (Phi) is 5.10. The molecule has 0 atom stereocenters. The van der Waals surface area contributed by atoms with Gasteiger partial charge in [-0.05, 0) is 12.8 Å². The molecule has 18 heavy (non-hydrogen) atoms. The summed E-state index contributed by atoms with van der Waals surface area (Å²) in [6.07, 6.45) is 3.83. The van der Waals surface area contributed by atoms with E-state index in [1.807, 2.05) is 16.5 Å². The largest absolute Gasteiger partial charge is 0.375 e. The molecule has 1 aliphatic heterocycles. The topological polar surface area (TPSA) is 54.5 Å². The second-order valence-corrected chi connectivity index (χ2v) is 5.37. The first kappa shape index (κ1) is 13.5. The van der Waals surface area contributed by atoms with Crippen LogP contribution in [0.25, 0.3) is 0 Å². The minimum Gasteiger partial charge on any atom is -0.375 e. The van der Waals surface area contributed by atoms with E-state index in [9.17, 15) is 4.79 Å². The first-order chi connectivity index (χ1) is 8.79. The minimum absolute atomic E-state index is 0.0934. The van der Waals surface area contributed by atoms with Crippen LogP contribution in [0.3, 0.4) is 0 Å². The van der Waals surface area contributed by atoms with Crippen LogP contribution in [-0.2, 0) is 16.1 Å². The highest BCUT2D eigenvalue weighted by Gasteiger charge is 2.22. The lowest BCUT2D eigenvalue weighted by Crippen LogP contribution is -2.45. The fraction of sp³-hybridized carbons (Fsp3) is 0.667. The molecular weight excluding hydrogens is 250 g/mol. The Morgan fingerprint density at radius 3 is 3.00 bits per heavy atom. The summed E-state index contributed by atoms with van der Waals surface area (Å²) in [5, 5.41) is 6.60. The molecule has 1 aliphatic rings. The molecule has 0 unspecified atom stereocenters. The molecule has 1 aromatic heterocycles. The van der Waals surface area contributed by atoms with Gasteiger partial charge in [0.1, 0.15) is 11.6 Å². The van der Waals surface area contributed by atoms with Crippen LogP contribution in [0, 0.1) is 0 Å². The zero-order valence-electron chi connectivity index (χ0n) is 10.6. The molecule has 1 amide bonds. The predicted octanol–water partition coefficient (Wildman–Crippen LogP) is 0.870. The van der Waals surface area contributed by atoms with Gasteiger partial charge in [0, 0.05) is 44.4 Å². The SMILES string of the molecule is COCC(=O)N1CCC(NCc2nccs2)CC1. The normalized spacial score (nSPS) is 17.1. The maximum absolute atomic E-state index is 11.6. The number of piperidine rings is 1. The molecule has 2 rings (SSSR count). The highest BCUT2D eigenvalue weighted by Crippen LogP contribution is 2.12. The van der Waals surface area contributed by atoms with Crippen LogP contribution in [0.1, 0.15) is 17.8 Å². The van der Waals surface area contributed by atoms with Crippen molar-refractivity contribution in [3.8, 4) is 0 Å². The molecule has 5 nitrogen and oxygen atoms in total. The van der Waals surface area contributed by atoms with E-state index >= 15 is 0 Å². The fourth-order valence-electron chi connectivity index (χ4n) is 2.12. The third kappa shape index (κ3) is 3.76. The minimum atomic E-state index is 0.0934. The quantitative estimate of drug-likeness (QED) is 0.862. The van der Waals surface area contributed by atoms with E-state index in [1.165, 1.54) is 0 Å². The number of hydrogen-bond donors (Lipinski definition) is 1. The van der Waals surface area contributed by atoms with Gasteiger partial charge in [-0.1, -0.05) is 0 Å². The number of nitrogens with one attached hydrogen (secondary N) is 1. The molecule has 0 radical (unpaired) electrons. The van der Waals surface area contributed by atoms with Gasteiger partial charge in [0.25, 0.3) is 0 Å². The standard InChI is InChI=1S/C12H19N3O2S/c1-17-9-12(16)15-5-2-10(3-6-15)14-8-11-13-4-7-18-11/h4,7,10,14H,2-3,5-6,8-9H2,1H3. The Morgan fingerprint density at radius 2 is 2.39 bits per heavy atom. The molecule has 1 aromatic rings. The summed E-state index contributed by atoms with van der Waals surface area (Å²) in [7, 11) is 1.56. The van der Waals surface area contributed by atoms with Crippen molar-refractivity contribution in [1.82, 2.24) is 15.2 Å².